The van der Waals surface area contributed by atoms with Crippen LogP contribution in [0.1, 0.15) is 42.5 Å². The molecule has 0 radical (unpaired) electrons. The standard InChI is InChI=1S/C17H23N3O/c1-20(11-12-5-3-2-4-6-12)17(21)15-10-19-16-8-7-13(18)9-14(15)16/h7-10,12,19H,2-6,11,18H2,1H3. The van der Waals surface area contributed by atoms with Crippen molar-refractivity contribution < 1.29 is 4.79 Å². The molecule has 1 heterocycles. The SMILES string of the molecule is CN(CC1CCCCC1)C(=O)c1c[nH]c2ccc(N)cc12. The van der Waals surface area contributed by atoms with E-state index < -0.39 is 0 Å². The zero-order valence-electron chi connectivity index (χ0n) is 12.6. The van der Waals surface area contributed by atoms with Crippen molar-refractivity contribution >= 4 is 22.5 Å². The summed E-state index contributed by atoms with van der Waals surface area (Å²) in [6.45, 7) is 0.855. The Bertz CT molecular complexity index is 641. The molecule has 4 nitrogen and oxygen atoms in total. The highest BCUT2D eigenvalue weighted by molar-refractivity contribution is 6.07. The van der Waals surface area contributed by atoms with Crippen LogP contribution < -0.4 is 5.73 Å². The molecule has 1 saturated carbocycles. The number of anilines is 1. The van der Waals surface area contributed by atoms with Gasteiger partial charge in [-0.05, 0) is 37.0 Å². The minimum atomic E-state index is 0.0809. The summed E-state index contributed by atoms with van der Waals surface area (Å²) in [4.78, 5) is 17.7. The van der Waals surface area contributed by atoms with Gasteiger partial charge in [0.25, 0.3) is 5.91 Å². The molecule has 1 fully saturated rings. The van der Waals surface area contributed by atoms with Gasteiger partial charge in [-0.2, -0.15) is 0 Å². The number of hydrogen-bond donors (Lipinski definition) is 2. The van der Waals surface area contributed by atoms with Crippen LogP contribution in [0.4, 0.5) is 5.69 Å². The highest BCUT2D eigenvalue weighted by atomic mass is 16.2. The number of benzene rings is 1. The number of aromatic nitrogens is 1. The fraction of sp³-hybridized carbons (Fsp3) is 0.471. The quantitative estimate of drug-likeness (QED) is 0.849. The largest absolute Gasteiger partial charge is 0.399 e. The van der Waals surface area contributed by atoms with Crippen LogP contribution in [0.5, 0.6) is 0 Å². The smallest absolute Gasteiger partial charge is 0.255 e. The maximum atomic E-state index is 12.7. The number of rotatable bonds is 3. The molecular weight excluding hydrogens is 262 g/mol. The van der Waals surface area contributed by atoms with Crippen molar-refractivity contribution in [3.8, 4) is 0 Å². The number of aromatic amines is 1. The van der Waals surface area contributed by atoms with E-state index in [-0.39, 0.29) is 5.91 Å². The first-order valence-electron chi connectivity index (χ1n) is 7.77. The Balaban J connectivity index is 1.77. The molecule has 0 atom stereocenters. The molecule has 1 amide bonds. The Morgan fingerprint density at radius 2 is 2.10 bits per heavy atom. The number of nitrogens with zero attached hydrogens (tertiary/aromatic N) is 1. The van der Waals surface area contributed by atoms with Crippen molar-refractivity contribution in [1.82, 2.24) is 9.88 Å². The molecule has 1 aromatic carbocycles. The third-order valence-corrected chi connectivity index (χ3v) is 4.54. The first-order valence-corrected chi connectivity index (χ1v) is 7.77. The van der Waals surface area contributed by atoms with Gasteiger partial charge < -0.3 is 15.6 Å². The molecule has 1 aliphatic rings. The number of nitrogens with one attached hydrogen (secondary N) is 1. The topological polar surface area (TPSA) is 62.1 Å². The second-order valence-electron chi connectivity index (χ2n) is 6.20. The Morgan fingerprint density at radius 3 is 2.86 bits per heavy atom. The zero-order chi connectivity index (χ0) is 14.8. The molecule has 1 aromatic heterocycles. The summed E-state index contributed by atoms with van der Waals surface area (Å²) in [5, 5.41) is 0.912. The van der Waals surface area contributed by atoms with E-state index >= 15 is 0 Å². The van der Waals surface area contributed by atoms with Gasteiger partial charge in [-0.15, -0.1) is 0 Å². The number of H-pyrrole nitrogens is 1. The molecule has 0 bridgehead atoms. The Morgan fingerprint density at radius 1 is 1.33 bits per heavy atom. The number of amides is 1. The molecule has 21 heavy (non-hydrogen) atoms. The normalized spacial score (nSPS) is 16.2. The van der Waals surface area contributed by atoms with Crippen LogP contribution in [0.3, 0.4) is 0 Å². The fourth-order valence-electron chi connectivity index (χ4n) is 3.36. The van der Waals surface area contributed by atoms with Crippen molar-refractivity contribution in [1.29, 1.82) is 0 Å². The van der Waals surface area contributed by atoms with Crippen LogP contribution in [0, 0.1) is 5.92 Å². The monoisotopic (exact) mass is 285 g/mol. The lowest BCUT2D eigenvalue weighted by Crippen LogP contribution is -2.32. The molecule has 0 saturated heterocycles. The first-order chi connectivity index (χ1) is 10.1. The van der Waals surface area contributed by atoms with E-state index in [0.29, 0.717) is 11.6 Å². The van der Waals surface area contributed by atoms with Gasteiger partial charge in [0.15, 0.2) is 0 Å². The van der Waals surface area contributed by atoms with Gasteiger partial charge >= 0.3 is 0 Å². The van der Waals surface area contributed by atoms with E-state index in [2.05, 4.69) is 4.98 Å². The van der Waals surface area contributed by atoms with E-state index in [0.717, 1.165) is 23.0 Å². The number of hydrogen-bond acceptors (Lipinski definition) is 2. The molecule has 0 spiro atoms. The predicted octanol–water partition coefficient (Wildman–Crippen LogP) is 3.40. The molecule has 112 valence electrons. The number of fused-ring (bicyclic) bond motifs is 1. The van der Waals surface area contributed by atoms with Crippen LogP contribution in [0.15, 0.2) is 24.4 Å². The molecule has 3 N–H and O–H groups in total. The average Bonchev–Trinajstić information content (AvgIpc) is 2.90. The van der Waals surface area contributed by atoms with Gasteiger partial charge in [0.1, 0.15) is 0 Å². The molecule has 0 aliphatic heterocycles. The summed E-state index contributed by atoms with van der Waals surface area (Å²) in [6.07, 6.45) is 8.24. The van der Waals surface area contributed by atoms with E-state index in [1.54, 1.807) is 6.20 Å². The zero-order valence-corrected chi connectivity index (χ0v) is 12.6. The van der Waals surface area contributed by atoms with Gasteiger partial charge in [0.05, 0.1) is 5.56 Å². The van der Waals surface area contributed by atoms with Gasteiger partial charge in [0, 0.05) is 36.4 Å². The predicted molar refractivity (Wildman–Crippen MR) is 86.2 cm³/mol. The third kappa shape index (κ3) is 2.89. The van der Waals surface area contributed by atoms with Crippen LogP contribution in [-0.2, 0) is 0 Å². The van der Waals surface area contributed by atoms with Crippen LogP contribution in [0.25, 0.3) is 10.9 Å². The minimum absolute atomic E-state index is 0.0809. The molecule has 2 aromatic rings. The highest BCUT2D eigenvalue weighted by Gasteiger charge is 2.21. The van der Waals surface area contributed by atoms with Crippen molar-refractivity contribution in [2.45, 2.75) is 32.1 Å². The molecule has 3 rings (SSSR count). The van der Waals surface area contributed by atoms with Crippen LogP contribution in [0.2, 0.25) is 0 Å². The lowest BCUT2D eigenvalue weighted by molar-refractivity contribution is 0.0762. The van der Waals surface area contributed by atoms with E-state index in [4.69, 9.17) is 5.73 Å². The summed E-state index contributed by atoms with van der Waals surface area (Å²) in [5.41, 5.74) is 8.20. The van der Waals surface area contributed by atoms with Crippen LogP contribution >= 0.6 is 0 Å². The summed E-state index contributed by atoms with van der Waals surface area (Å²) in [7, 11) is 1.90. The number of nitrogen functional groups attached to an aromatic ring is 1. The van der Waals surface area contributed by atoms with Crippen molar-refractivity contribution in [3.05, 3.63) is 30.0 Å². The van der Waals surface area contributed by atoms with Gasteiger partial charge in [-0.1, -0.05) is 19.3 Å². The van der Waals surface area contributed by atoms with Crippen molar-refractivity contribution in [2.24, 2.45) is 5.92 Å². The van der Waals surface area contributed by atoms with E-state index in [1.807, 2.05) is 30.1 Å². The summed E-state index contributed by atoms with van der Waals surface area (Å²) >= 11 is 0. The molecule has 0 unspecified atom stereocenters. The molecular formula is C17H23N3O. The first kappa shape index (κ1) is 14.0. The maximum Gasteiger partial charge on any atom is 0.255 e. The average molecular weight is 285 g/mol. The van der Waals surface area contributed by atoms with E-state index in [1.165, 1.54) is 32.1 Å². The number of carbonyl (C=O) groups is 1. The van der Waals surface area contributed by atoms with Gasteiger partial charge in [0.2, 0.25) is 0 Å². The number of carbonyl (C=O) groups excluding carboxylic acids is 1. The molecule has 1 aliphatic carbocycles. The summed E-state index contributed by atoms with van der Waals surface area (Å²) < 4.78 is 0. The van der Waals surface area contributed by atoms with E-state index in [9.17, 15) is 4.79 Å². The lowest BCUT2D eigenvalue weighted by Gasteiger charge is -2.27. The Labute approximate surface area is 125 Å². The van der Waals surface area contributed by atoms with Gasteiger partial charge in [-0.25, -0.2) is 0 Å². The minimum Gasteiger partial charge on any atom is -0.399 e. The summed E-state index contributed by atoms with van der Waals surface area (Å²) in [5.74, 6) is 0.736. The fourth-order valence-corrected chi connectivity index (χ4v) is 3.36. The lowest BCUT2D eigenvalue weighted by atomic mass is 9.89. The van der Waals surface area contributed by atoms with Crippen LogP contribution in [-0.4, -0.2) is 29.4 Å². The maximum absolute atomic E-state index is 12.7. The Hall–Kier alpha value is -1.97. The summed E-state index contributed by atoms with van der Waals surface area (Å²) in [6, 6.07) is 5.63. The van der Waals surface area contributed by atoms with Gasteiger partial charge in [-0.3, -0.25) is 4.79 Å². The van der Waals surface area contributed by atoms with Crippen molar-refractivity contribution in [2.75, 3.05) is 19.3 Å². The third-order valence-electron chi connectivity index (χ3n) is 4.54. The second-order valence-corrected chi connectivity index (χ2v) is 6.20. The highest BCUT2D eigenvalue weighted by Crippen LogP contribution is 2.26. The molecule has 4 heteroatoms. The second kappa shape index (κ2) is 5.80. The van der Waals surface area contributed by atoms with Crippen molar-refractivity contribution in [3.63, 3.8) is 0 Å². The number of nitrogens with two attached hydrogens (primary N) is 1. The Kier molecular flexibility index (Phi) is 3.86.